The van der Waals surface area contributed by atoms with Crippen LogP contribution in [0.15, 0.2) is 16.9 Å². The number of aliphatic hydroxyl groups is 1. The van der Waals surface area contributed by atoms with E-state index in [0.717, 1.165) is 18.4 Å². The van der Waals surface area contributed by atoms with Crippen LogP contribution in [0, 0.1) is 5.92 Å². The van der Waals surface area contributed by atoms with Crippen molar-refractivity contribution in [3.05, 3.63) is 22.5 Å². The van der Waals surface area contributed by atoms with Gasteiger partial charge in [-0.2, -0.15) is 4.98 Å². The van der Waals surface area contributed by atoms with Crippen LogP contribution < -0.4 is 21.5 Å². The second kappa shape index (κ2) is 4.27. The molecule has 1 aliphatic heterocycles. The van der Waals surface area contributed by atoms with E-state index in [1.807, 2.05) is 4.90 Å². The van der Waals surface area contributed by atoms with Crippen LogP contribution in [-0.2, 0) is 0 Å². The van der Waals surface area contributed by atoms with E-state index in [2.05, 4.69) is 21.9 Å². The molecule has 0 amide bonds. The minimum Gasteiger partial charge on any atom is -0.396 e. The lowest BCUT2D eigenvalue weighted by Crippen LogP contribution is -2.35. The Hall–Kier alpha value is -2.02. The van der Waals surface area contributed by atoms with Crippen LogP contribution in [0.25, 0.3) is 0 Å². The molecule has 1 aliphatic carbocycles. The van der Waals surface area contributed by atoms with Crippen molar-refractivity contribution in [2.45, 2.75) is 18.9 Å². The molecule has 1 aromatic rings. The zero-order chi connectivity index (χ0) is 13.6. The molecule has 2 aliphatic rings. The lowest BCUT2D eigenvalue weighted by Gasteiger charge is -2.26. The molecule has 1 aromatic heterocycles. The van der Waals surface area contributed by atoms with E-state index < -0.39 is 0 Å². The number of nitrogens with zero attached hydrogens (tertiary/aromatic N) is 2. The summed E-state index contributed by atoms with van der Waals surface area (Å²) in [6.07, 6.45) is 1.81. The van der Waals surface area contributed by atoms with Crippen molar-refractivity contribution in [3.63, 3.8) is 0 Å². The summed E-state index contributed by atoms with van der Waals surface area (Å²) in [7, 11) is 0. The number of nitrogens with two attached hydrogens (primary N) is 1. The first kappa shape index (κ1) is 12.0. The van der Waals surface area contributed by atoms with E-state index in [0.29, 0.717) is 18.2 Å². The van der Waals surface area contributed by atoms with Crippen LogP contribution in [0.5, 0.6) is 0 Å². The molecule has 7 heteroatoms. The number of rotatable bonds is 2. The summed E-state index contributed by atoms with van der Waals surface area (Å²) in [5, 5.41) is 12.3. The summed E-state index contributed by atoms with van der Waals surface area (Å²) in [6, 6.07) is 0.0969. The molecule has 1 fully saturated rings. The van der Waals surface area contributed by atoms with Crippen LogP contribution >= 0.6 is 0 Å². The highest BCUT2D eigenvalue weighted by Gasteiger charge is 2.37. The lowest BCUT2D eigenvalue weighted by atomic mass is 10.0. The summed E-state index contributed by atoms with van der Waals surface area (Å²) < 4.78 is 0. The molecule has 7 nitrogen and oxygen atoms in total. The fraction of sp³-hybridized carbons (Fsp3) is 0.500. The number of fused-ring (bicyclic) bond motifs is 1. The number of anilines is 3. The van der Waals surface area contributed by atoms with Gasteiger partial charge in [-0.25, -0.2) is 0 Å². The van der Waals surface area contributed by atoms with Crippen molar-refractivity contribution in [1.29, 1.82) is 0 Å². The van der Waals surface area contributed by atoms with Gasteiger partial charge in [-0.05, 0) is 18.4 Å². The van der Waals surface area contributed by atoms with Gasteiger partial charge < -0.3 is 21.1 Å². The molecule has 19 heavy (non-hydrogen) atoms. The van der Waals surface area contributed by atoms with Gasteiger partial charge in [0.15, 0.2) is 5.82 Å². The first-order chi connectivity index (χ1) is 9.11. The second-order valence-corrected chi connectivity index (χ2v) is 5.00. The van der Waals surface area contributed by atoms with E-state index in [1.165, 1.54) is 0 Å². The highest BCUT2D eigenvalue weighted by molar-refractivity contribution is 5.72. The standard InChI is InChI=1S/C12H17N5O2/c1-6-7(4-18)2-3-8(6)17-5-14-9-10(17)15-12(13)16-11(9)19/h7-8,14,18H,1-5H2,(H3,13,15,16,19)/t7-,8?/m0/s1. The third kappa shape index (κ3) is 1.77. The average molecular weight is 263 g/mol. The average Bonchev–Trinajstić information content (AvgIpc) is 2.92. The summed E-state index contributed by atoms with van der Waals surface area (Å²) in [5.41, 5.74) is 6.79. The van der Waals surface area contributed by atoms with Crippen molar-refractivity contribution in [3.8, 4) is 0 Å². The normalized spacial score (nSPS) is 25.5. The number of aromatic amines is 1. The molecule has 0 aromatic carbocycles. The van der Waals surface area contributed by atoms with Gasteiger partial charge in [0.25, 0.3) is 5.56 Å². The molecular formula is C12H17N5O2. The van der Waals surface area contributed by atoms with Crippen molar-refractivity contribution in [1.82, 2.24) is 9.97 Å². The predicted octanol–water partition coefficient (Wildman–Crippen LogP) is -0.131. The number of nitrogen functional groups attached to an aromatic ring is 1. The molecule has 102 valence electrons. The van der Waals surface area contributed by atoms with Crippen LogP contribution in [0.1, 0.15) is 12.8 Å². The van der Waals surface area contributed by atoms with Gasteiger partial charge >= 0.3 is 0 Å². The van der Waals surface area contributed by atoms with Gasteiger partial charge in [0, 0.05) is 12.5 Å². The minimum atomic E-state index is -0.257. The van der Waals surface area contributed by atoms with E-state index in [-0.39, 0.29) is 30.1 Å². The Balaban J connectivity index is 1.95. The van der Waals surface area contributed by atoms with Crippen LogP contribution in [0.2, 0.25) is 0 Å². The maximum absolute atomic E-state index is 11.8. The molecule has 3 rings (SSSR count). The summed E-state index contributed by atoms with van der Waals surface area (Å²) >= 11 is 0. The van der Waals surface area contributed by atoms with Gasteiger partial charge in [0.1, 0.15) is 5.69 Å². The fourth-order valence-corrected chi connectivity index (χ4v) is 2.91. The number of H-pyrrole nitrogens is 1. The fourth-order valence-electron chi connectivity index (χ4n) is 2.91. The van der Waals surface area contributed by atoms with Crippen molar-refractivity contribution < 1.29 is 5.11 Å². The Morgan fingerprint density at radius 1 is 1.53 bits per heavy atom. The number of nitrogens with one attached hydrogen (secondary N) is 2. The number of aromatic nitrogens is 2. The number of hydrogen-bond acceptors (Lipinski definition) is 6. The first-order valence-corrected chi connectivity index (χ1v) is 6.31. The quantitative estimate of drug-likeness (QED) is 0.554. The monoisotopic (exact) mass is 263 g/mol. The van der Waals surface area contributed by atoms with Gasteiger partial charge in [-0.3, -0.25) is 9.78 Å². The number of aliphatic hydroxyl groups excluding tert-OH is 1. The minimum absolute atomic E-state index is 0.0969. The second-order valence-electron chi connectivity index (χ2n) is 5.00. The van der Waals surface area contributed by atoms with Gasteiger partial charge in [0.2, 0.25) is 5.95 Å². The zero-order valence-electron chi connectivity index (χ0n) is 10.5. The molecule has 1 saturated carbocycles. The first-order valence-electron chi connectivity index (χ1n) is 6.31. The summed E-state index contributed by atoms with van der Waals surface area (Å²) in [6.45, 7) is 4.71. The molecule has 0 spiro atoms. The lowest BCUT2D eigenvalue weighted by molar-refractivity contribution is 0.249. The molecular weight excluding hydrogens is 246 g/mol. The third-order valence-corrected chi connectivity index (χ3v) is 3.95. The SMILES string of the molecule is C=C1C(N2CNc3c2nc(N)[nH]c3=O)CC[C@H]1CO. The molecule has 0 saturated heterocycles. The maximum Gasteiger partial charge on any atom is 0.277 e. The molecule has 2 heterocycles. The topological polar surface area (TPSA) is 107 Å². The van der Waals surface area contributed by atoms with E-state index >= 15 is 0 Å². The van der Waals surface area contributed by atoms with Gasteiger partial charge in [0.05, 0.1) is 12.7 Å². The van der Waals surface area contributed by atoms with Gasteiger partial charge in [-0.15, -0.1) is 0 Å². The third-order valence-electron chi connectivity index (χ3n) is 3.95. The van der Waals surface area contributed by atoms with E-state index in [9.17, 15) is 9.90 Å². The Bertz CT molecular complexity index is 582. The highest BCUT2D eigenvalue weighted by atomic mass is 16.3. The molecule has 0 radical (unpaired) electrons. The zero-order valence-corrected chi connectivity index (χ0v) is 10.5. The Morgan fingerprint density at radius 2 is 2.32 bits per heavy atom. The van der Waals surface area contributed by atoms with E-state index in [4.69, 9.17) is 5.73 Å². The maximum atomic E-state index is 11.8. The Kier molecular flexibility index (Phi) is 2.70. The van der Waals surface area contributed by atoms with Crippen LogP contribution in [-0.4, -0.2) is 34.4 Å². The molecule has 5 N–H and O–H groups in total. The van der Waals surface area contributed by atoms with E-state index in [1.54, 1.807) is 0 Å². The molecule has 2 atom stereocenters. The highest BCUT2D eigenvalue weighted by Crippen LogP contribution is 2.38. The van der Waals surface area contributed by atoms with Crippen LogP contribution in [0.3, 0.4) is 0 Å². The molecule has 1 unspecified atom stereocenters. The van der Waals surface area contributed by atoms with Crippen molar-refractivity contribution in [2.24, 2.45) is 5.92 Å². The largest absolute Gasteiger partial charge is 0.396 e. The molecule has 0 bridgehead atoms. The van der Waals surface area contributed by atoms with Gasteiger partial charge in [-0.1, -0.05) is 6.58 Å². The predicted molar refractivity (Wildman–Crippen MR) is 73.0 cm³/mol. The smallest absolute Gasteiger partial charge is 0.277 e. The number of hydrogen-bond donors (Lipinski definition) is 4. The summed E-state index contributed by atoms with van der Waals surface area (Å²) in [5.74, 6) is 0.819. The van der Waals surface area contributed by atoms with Crippen molar-refractivity contribution >= 4 is 17.5 Å². The Labute approximate surface area is 110 Å². The Morgan fingerprint density at radius 3 is 3.00 bits per heavy atom. The van der Waals surface area contributed by atoms with Crippen LogP contribution in [0.4, 0.5) is 17.5 Å². The van der Waals surface area contributed by atoms with Crippen molar-refractivity contribution in [2.75, 3.05) is 29.2 Å². The summed E-state index contributed by atoms with van der Waals surface area (Å²) in [4.78, 5) is 20.4.